The molecule has 2 bridgehead atoms. The fourth-order valence-electron chi connectivity index (χ4n) is 3.32. The summed E-state index contributed by atoms with van der Waals surface area (Å²) in [6.45, 7) is 0. The Hall–Kier alpha value is -1.63. The lowest BCUT2D eigenvalue weighted by molar-refractivity contribution is 0.443. The summed E-state index contributed by atoms with van der Waals surface area (Å²) in [5, 5.41) is 1.29. The molecule has 2 unspecified atom stereocenters. The zero-order valence-electron chi connectivity index (χ0n) is 9.76. The van der Waals surface area contributed by atoms with Crippen molar-refractivity contribution in [3.8, 4) is 0 Å². The molecule has 0 radical (unpaired) electrons. The third-order valence-corrected chi connectivity index (χ3v) is 4.15. The largest absolute Gasteiger partial charge is 0.253 e. The molecule has 0 aliphatic heterocycles. The van der Waals surface area contributed by atoms with Gasteiger partial charge in [-0.3, -0.25) is 4.98 Å². The molecule has 1 aromatic carbocycles. The lowest BCUT2D eigenvalue weighted by Crippen LogP contribution is -2.21. The Morgan fingerprint density at radius 2 is 2.12 bits per heavy atom. The van der Waals surface area contributed by atoms with E-state index in [9.17, 15) is 0 Å². The van der Waals surface area contributed by atoms with E-state index in [2.05, 4.69) is 42.5 Å². The molecule has 84 valence electrons. The quantitative estimate of drug-likeness (QED) is 0.616. The number of aromatic nitrogens is 1. The number of benzene rings is 1. The number of fused-ring (bicyclic) bond motifs is 5. The van der Waals surface area contributed by atoms with Gasteiger partial charge in [-0.05, 0) is 48.8 Å². The first-order valence-corrected chi connectivity index (χ1v) is 6.45. The fourth-order valence-corrected chi connectivity index (χ4v) is 3.32. The first kappa shape index (κ1) is 9.41. The predicted molar refractivity (Wildman–Crippen MR) is 70.1 cm³/mol. The second-order valence-corrected chi connectivity index (χ2v) is 5.28. The number of hydrogen-bond donors (Lipinski definition) is 0. The Morgan fingerprint density at radius 1 is 1.18 bits per heavy atom. The SMILES string of the molecule is C1=CC2Cc3nc4ccccc4cc3C(C1)C2. The minimum Gasteiger partial charge on any atom is -0.253 e. The van der Waals surface area contributed by atoms with Crippen molar-refractivity contribution in [2.24, 2.45) is 5.92 Å². The van der Waals surface area contributed by atoms with Crippen LogP contribution in [-0.4, -0.2) is 4.98 Å². The van der Waals surface area contributed by atoms with Crippen LogP contribution in [0.25, 0.3) is 10.9 Å². The molecule has 2 atom stereocenters. The molecule has 1 nitrogen and oxygen atoms in total. The van der Waals surface area contributed by atoms with Crippen LogP contribution in [0.1, 0.15) is 30.0 Å². The molecule has 2 aliphatic rings. The van der Waals surface area contributed by atoms with E-state index < -0.39 is 0 Å². The molecular weight excluding hydrogens is 206 g/mol. The number of allylic oxidation sites excluding steroid dienone is 2. The summed E-state index contributed by atoms with van der Waals surface area (Å²) in [4.78, 5) is 4.86. The maximum Gasteiger partial charge on any atom is 0.0705 e. The van der Waals surface area contributed by atoms with E-state index in [1.807, 2.05) is 0 Å². The number of para-hydroxylation sites is 1. The summed E-state index contributed by atoms with van der Waals surface area (Å²) in [6.07, 6.45) is 8.40. The van der Waals surface area contributed by atoms with E-state index in [0.29, 0.717) is 5.92 Å². The van der Waals surface area contributed by atoms with Crippen molar-refractivity contribution in [3.05, 3.63) is 53.7 Å². The normalized spacial score (nSPS) is 25.9. The molecule has 4 rings (SSSR count). The number of rotatable bonds is 0. The minimum absolute atomic E-state index is 0.714. The molecule has 0 saturated heterocycles. The van der Waals surface area contributed by atoms with Crippen LogP contribution in [0.2, 0.25) is 0 Å². The van der Waals surface area contributed by atoms with Gasteiger partial charge in [0.15, 0.2) is 0 Å². The minimum atomic E-state index is 0.714. The van der Waals surface area contributed by atoms with Crippen molar-refractivity contribution in [2.75, 3.05) is 0 Å². The third kappa shape index (κ3) is 1.42. The van der Waals surface area contributed by atoms with Crippen molar-refractivity contribution in [1.82, 2.24) is 4.98 Å². The summed E-state index contributed by atoms with van der Waals surface area (Å²) in [7, 11) is 0. The Morgan fingerprint density at radius 3 is 3.12 bits per heavy atom. The third-order valence-electron chi connectivity index (χ3n) is 4.15. The van der Waals surface area contributed by atoms with E-state index >= 15 is 0 Å². The molecule has 1 heterocycles. The smallest absolute Gasteiger partial charge is 0.0705 e. The standard InChI is InChI=1S/C16H15N/c1-2-7-15-13(5-1)10-14-12-6-3-4-11(8-12)9-16(14)17-15/h1-5,7,10-12H,6,8-9H2. The van der Waals surface area contributed by atoms with Gasteiger partial charge in [0.2, 0.25) is 0 Å². The number of pyridine rings is 1. The van der Waals surface area contributed by atoms with Crippen LogP contribution in [0.4, 0.5) is 0 Å². The molecule has 1 heteroatoms. The second-order valence-electron chi connectivity index (χ2n) is 5.28. The molecular formula is C16H15N. The zero-order chi connectivity index (χ0) is 11.2. The van der Waals surface area contributed by atoms with Gasteiger partial charge in [0.25, 0.3) is 0 Å². The molecule has 1 aromatic heterocycles. The maximum absolute atomic E-state index is 4.86. The lowest BCUT2D eigenvalue weighted by Gasteiger charge is -2.32. The number of hydrogen-bond acceptors (Lipinski definition) is 1. The zero-order valence-corrected chi connectivity index (χ0v) is 9.76. The maximum atomic E-state index is 4.86. The molecule has 0 spiro atoms. The van der Waals surface area contributed by atoms with Crippen LogP contribution in [0.5, 0.6) is 0 Å². The highest BCUT2D eigenvalue weighted by Gasteiger charge is 2.28. The van der Waals surface area contributed by atoms with E-state index in [1.54, 1.807) is 0 Å². The monoisotopic (exact) mass is 221 g/mol. The highest BCUT2D eigenvalue weighted by molar-refractivity contribution is 5.79. The lowest BCUT2D eigenvalue weighted by atomic mass is 9.74. The van der Waals surface area contributed by atoms with Gasteiger partial charge in [0.05, 0.1) is 5.52 Å². The van der Waals surface area contributed by atoms with Crippen molar-refractivity contribution >= 4 is 10.9 Å². The van der Waals surface area contributed by atoms with Gasteiger partial charge < -0.3 is 0 Å². The topological polar surface area (TPSA) is 12.9 Å². The van der Waals surface area contributed by atoms with Crippen molar-refractivity contribution in [2.45, 2.75) is 25.2 Å². The summed E-state index contributed by atoms with van der Waals surface area (Å²) in [5.74, 6) is 1.45. The van der Waals surface area contributed by atoms with Gasteiger partial charge in [-0.2, -0.15) is 0 Å². The first-order valence-electron chi connectivity index (χ1n) is 6.45. The summed E-state index contributed by atoms with van der Waals surface area (Å²) >= 11 is 0. The summed E-state index contributed by atoms with van der Waals surface area (Å²) < 4.78 is 0. The Labute approximate surface area is 101 Å². The van der Waals surface area contributed by atoms with Crippen molar-refractivity contribution in [1.29, 1.82) is 0 Å². The Balaban J connectivity index is 1.95. The van der Waals surface area contributed by atoms with Gasteiger partial charge >= 0.3 is 0 Å². The van der Waals surface area contributed by atoms with Crippen LogP contribution < -0.4 is 0 Å². The van der Waals surface area contributed by atoms with Crippen molar-refractivity contribution in [3.63, 3.8) is 0 Å². The van der Waals surface area contributed by atoms with E-state index in [4.69, 9.17) is 4.98 Å². The average Bonchev–Trinajstić information content (AvgIpc) is 2.37. The summed E-state index contributed by atoms with van der Waals surface area (Å²) in [5.41, 5.74) is 3.99. The van der Waals surface area contributed by atoms with E-state index in [-0.39, 0.29) is 0 Å². The predicted octanol–water partition coefficient (Wildman–Crippen LogP) is 3.84. The van der Waals surface area contributed by atoms with Gasteiger partial charge in [-0.15, -0.1) is 0 Å². The molecule has 2 aromatic rings. The molecule has 2 aliphatic carbocycles. The van der Waals surface area contributed by atoms with Crippen LogP contribution in [0.3, 0.4) is 0 Å². The van der Waals surface area contributed by atoms with Gasteiger partial charge in [0, 0.05) is 11.1 Å². The second kappa shape index (κ2) is 3.43. The highest BCUT2D eigenvalue weighted by Crippen LogP contribution is 2.40. The van der Waals surface area contributed by atoms with Gasteiger partial charge in [0.1, 0.15) is 0 Å². The van der Waals surface area contributed by atoms with Crippen LogP contribution >= 0.6 is 0 Å². The molecule has 0 saturated carbocycles. The van der Waals surface area contributed by atoms with Crippen LogP contribution in [-0.2, 0) is 6.42 Å². The molecule has 0 N–H and O–H groups in total. The van der Waals surface area contributed by atoms with Gasteiger partial charge in [-0.1, -0.05) is 30.4 Å². The Kier molecular flexibility index (Phi) is 1.90. The van der Waals surface area contributed by atoms with Crippen molar-refractivity contribution < 1.29 is 0 Å². The van der Waals surface area contributed by atoms with Crippen LogP contribution in [0, 0.1) is 5.92 Å². The summed E-state index contributed by atoms with van der Waals surface area (Å²) in [6, 6.07) is 10.8. The fraction of sp³-hybridized carbons (Fsp3) is 0.312. The van der Waals surface area contributed by atoms with E-state index in [1.165, 1.54) is 29.5 Å². The average molecular weight is 221 g/mol. The highest BCUT2D eigenvalue weighted by atomic mass is 14.7. The van der Waals surface area contributed by atoms with Gasteiger partial charge in [-0.25, -0.2) is 0 Å². The van der Waals surface area contributed by atoms with E-state index in [0.717, 1.165) is 17.9 Å². The molecule has 0 amide bonds. The number of nitrogens with zero attached hydrogens (tertiary/aromatic N) is 1. The first-order chi connectivity index (χ1) is 8.40. The molecule has 17 heavy (non-hydrogen) atoms. The Bertz CT molecular complexity index is 612. The van der Waals surface area contributed by atoms with Crippen LogP contribution in [0.15, 0.2) is 42.5 Å². The molecule has 0 fully saturated rings.